The van der Waals surface area contributed by atoms with Crippen LogP contribution in [0.1, 0.15) is 27.4 Å². The highest BCUT2D eigenvalue weighted by Crippen LogP contribution is 2.09. The summed E-state index contributed by atoms with van der Waals surface area (Å²) in [4.78, 5) is 11.9. The van der Waals surface area contributed by atoms with Gasteiger partial charge in [0.1, 0.15) is 6.61 Å². The third-order valence-electron chi connectivity index (χ3n) is 2.81. The Balaban J connectivity index is 1.97. The first kappa shape index (κ1) is 14.2. The summed E-state index contributed by atoms with van der Waals surface area (Å²) < 4.78 is 9.83. The molecule has 106 valence electrons. The van der Waals surface area contributed by atoms with Gasteiger partial charge in [-0.3, -0.25) is 4.79 Å². The predicted molar refractivity (Wildman–Crippen MR) is 70.8 cm³/mol. The SMILES string of the molecule is COCc1cc(C(=O)NCc2ccccc2CO)no1. The Labute approximate surface area is 116 Å². The smallest absolute Gasteiger partial charge is 0.273 e. The number of nitrogens with one attached hydrogen (secondary N) is 1. The zero-order chi connectivity index (χ0) is 14.4. The maximum Gasteiger partial charge on any atom is 0.273 e. The summed E-state index contributed by atoms with van der Waals surface area (Å²) in [6, 6.07) is 8.90. The van der Waals surface area contributed by atoms with Crippen molar-refractivity contribution in [3.05, 3.63) is 52.9 Å². The van der Waals surface area contributed by atoms with Crippen LogP contribution in [0.4, 0.5) is 0 Å². The normalized spacial score (nSPS) is 10.5. The van der Waals surface area contributed by atoms with Crippen molar-refractivity contribution in [2.75, 3.05) is 7.11 Å². The molecule has 1 aromatic carbocycles. The number of nitrogens with zero attached hydrogens (tertiary/aromatic N) is 1. The fourth-order valence-electron chi connectivity index (χ4n) is 1.78. The molecule has 1 amide bonds. The maximum atomic E-state index is 11.9. The lowest BCUT2D eigenvalue weighted by Gasteiger charge is -2.07. The number of methoxy groups -OCH3 is 1. The molecule has 0 aliphatic heterocycles. The van der Waals surface area contributed by atoms with E-state index in [4.69, 9.17) is 9.26 Å². The van der Waals surface area contributed by atoms with E-state index < -0.39 is 0 Å². The van der Waals surface area contributed by atoms with E-state index in [9.17, 15) is 9.90 Å². The van der Waals surface area contributed by atoms with Gasteiger partial charge in [-0.2, -0.15) is 0 Å². The third kappa shape index (κ3) is 3.43. The Hall–Kier alpha value is -2.18. The fourth-order valence-corrected chi connectivity index (χ4v) is 1.78. The fraction of sp³-hybridized carbons (Fsp3) is 0.286. The van der Waals surface area contributed by atoms with Crippen LogP contribution in [-0.2, 0) is 24.5 Å². The van der Waals surface area contributed by atoms with E-state index >= 15 is 0 Å². The van der Waals surface area contributed by atoms with Crippen molar-refractivity contribution in [1.82, 2.24) is 10.5 Å². The second kappa shape index (κ2) is 6.83. The molecule has 0 radical (unpaired) electrons. The number of aliphatic hydroxyl groups is 1. The number of hydrogen-bond acceptors (Lipinski definition) is 5. The van der Waals surface area contributed by atoms with Gasteiger partial charge in [0.25, 0.3) is 5.91 Å². The van der Waals surface area contributed by atoms with Gasteiger partial charge in [0.05, 0.1) is 6.61 Å². The van der Waals surface area contributed by atoms with Crippen LogP contribution in [0.3, 0.4) is 0 Å². The molecule has 6 heteroatoms. The molecule has 0 bridgehead atoms. The monoisotopic (exact) mass is 276 g/mol. The van der Waals surface area contributed by atoms with Crippen molar-refractivity contribution in [2.45, 2.75) is 19.8 Å². The molecular formula is C14H16N2O4. The first-order valence-electron chi connectivity index (χ1n) is 6.15. The van der Waals surface area contributed by atoms with Crippen molar-refractivity contribution < 1.29 is 19.2 Å². The van der Waals surface area contributed by atoms with E-state index in [0.717, 1.165) is 11.1 Å². The number of hydrogen-bond donors (Lipinski definition) is 2. The lowest BCUT2D eigenvalue weighted by molar-refractivity contribution is 0.0940. The van der Waals surface area contributed by atoms with E-state index in [2.05, 4.69) is 10.5 Å². The number of aromatic nitrogens is 1. The molecule has 0 saturated carbocycles. The van der Waals surface area contributed by atoms with Crippen LogP contribution in [0, 0.1) is 0 Å². The molecule has 2 aromatic rings. The predicted octanol–water partition coefficient (Wildman–Crippen LogP) is 1.24. The minimum Gasteiger partial charge on any atom is -0.392 e. The van der Waals surface area contributed by atoms with E-state index in [-0.39, 0.29) is 24.8 Å². The molecule has 1 aromatic heterocycles. The summed E-state index contributed by atoms with van der Waals surface area (Å²) >= 11 is 0. The molecule has 2 rings (SSSR count). The third-order valence-corrected chi connectivity index (χ3v) is 2.81. The number of aliphatic hydroxyl groups excluding tert-OH is 1. The van der Waals surface area contributed by atoms with Gasteiger partial charge < -0.3 is 19.7 Å². The van der Waals surface area contributed by atoms with E-state index in [0.29, 0.717) is 12.3 Å². The molecule has 1 heterocycles. The quantitative estimate of drug-likeness (QED) is 0.829. The number of carbonyl (C=O) groups excluding carboxylic acids is 1. The number of carbonyl (C=O) groups is 1. The molecule has 6 nitrogen and oxygen atoms in total. The van der Waals surface area contributed by atoms with Crippen LogP contribution < -0.4 is 5.32 Å². The van der Waals surface area contributed by atoms with Crippen LogP contribution in [-0.4, -0.2) is 23.3 Å². The molecule has 0 atom stereocenters. The lowest BCUT2D eigenvalue weighted by Crippen LogP contribution is -2.23. The van der Waals surface area contributed by atoms with Crippen molar-refractivity contribution in [3.63, 3.8) is 0 Å². The highest BCUT2D eigenvalue weighted by Gasteiger charge is 2.12. The van der Waals surface area contributed by atoms with Crippen LogP contribution in [0.25, 0.3) is 0 Å². The largest absolute Gasteiger partial charge is 0.392 e. The first-order valence-corrected chi connectivity index (χ1v) is 6.15. The minimum absolute atomic E-state index is 0.0615. The van der Waals surface area contributed by atoms with Crippen molar-refractivity contribution in [3.8, 4) is 0 Å². The summed E-state index contributed by atoms with van der Waals surface area (Å²) in [6.45, 7) is 0.531. The van der Waals surface area contributed by atoms with E-state index in [1.165, 1.54) is 13.2 Å². The lowest BCUT2D eigenvalue weighted by atomic mass is 10.1. The van der Waals surface area contributed by atoms with Gasteiger partial charge in [0.15, 0.2) is 11.5 Å². The number of rotatable bonds is 6. The molecule has 0 spiro atoms. The second-order valence-corrected chi connectivity index (χ2v) is 4.22. The Bertz CT molecular complexity index is 580. The number of benzene rings is 1. The average molecular weight is 276 g/mol. The van der Waals surface area contributed by atoms with Crippen LogP contribution in [0.15, 0.2) is 34.9 Å². The Morgan fingerprint density at radius 2 is 2.15 bits per heavy atom. The van der Waals surface area contributed by atoms with Gasteiger partial charge in [0, 0.05) is 19.7 Å². The van der Waals surface area contributed by atoms with Gasteiger partial charge in [-0.05, 0) is 11.1 Å². The molecule has 0 fully saturated rings. The standard InChI is InChI=1S/C14H16N2O4/c1-19-9-12-6-13(16-20-12)14(18)15-7-10-4-2-3-5-11(10)8-17/h2-6,17H,7-9H2,1H3,(H,15,18). The Morgan fingerprint density at radius 3 is 2.85 bits per heavy atom. The topological polar surface area (TPSA) is 84.6 Å². The molecule has 2 N–H and O–H groups in total. The van der Waals surface area contributed by atoms with E-state index in [1.807, 2.05) is 24.3 Å². The molecule has 20 heavy (non-hydrogen) atoms. The molecule has 0 unspecified atom stereocenters. The molecular weight excluding hydrogens is 260 g/mol. The van der Waals surface area contributed by atoms with Gasteiger partial charge in [-0.1, -0.05) is 29.4 Å². The van der Waals surface area contributed by atoms with Gasteiger partial charge in [-0.25, -0.2) is 0 Å². The van der Waals surface area contributed by atoms with Gasteiger partial charge in [-0.15, -0.1) is 0 Å². The first-order chi connectivity index (χ1) is 9.74. The van der Waals surface area contributed by atoms with Crippen molar-refractivity contribution >= 4 is 5.91 Å². The van der Waals surface area contributed by atoms with Gasteiger partial charge >= 0.3 is 0 Å². The van der Waals surface area contributed by atoms with Gasteiger partial charge in [0.2, 0.25) is 0 Å². The van der Waals surface area contributed by atoms with Crippen LogP contribution in [0.2, 0.25) is 0 Å². The summed E-state index contributed by atoms with van der Waals surface area (Å²) in [5, 5.41) is 15.6. The van der Waals surface area contributed by atoms with Crippen LogP contribution in [0.5, 0.6) is 0 Å². The number of amides is 1. The van der Waals surface area contributed by atoms with Crippen molar-refractivity contribution in [2.24, 2.45) is 0 Å². The van der Waals surface area contributed by atoms with Crippen LogP contribution >= 0.6 is 0 Å². The second-order valence-electron chi connectivity index (χ2n) is 4.22. The Kier molecular flexibility index (Phi) is 4.86. The molecule has 0 aliphatic rings. The summed E-state index contributed by atoms with van der Waals surface area (Å²) in [5.74, 6) is 0.164. The molecule has 0 aliphatic carbocycles. The number of ether oxygens (including phenoxy) is 1. The zero-order valence-electron chi connectivity index (χ0n) is 11.1. The summed E-state index contributed by atoms with van der Waals surface area (Å²) in [6.07, 6.45) is 0. The maximum absolute atomic E-state index is 11.9. The zero-order valence-corrected chi connectivity index (χ0v) is 11.1. The average Bonchev–Trinajstić information content (AvgIpc) is 2.94. The minimum atomic E-state index is -0.330. The summed E-state index contributed by atoms with van der Waals surface area (Å²) in [7, 11) is 1.54. The molecule has 0 saturated heterocycles. The highest BCUT2D eigenvalue weighted by molar-refractivity contribution is 5.92. The summed E-state index contributed by atoms with van der Waals surface area (Å²) in [5.41, 5.74) is 1.86. The Morgan fingerprint density at radius 1 is 1.40 bits per heavy atom. The van der Waals surface area contributed by atoms with E-state index in [1.54, 1.807) is 0 Å². The highest BCUT2D eigenvalue weighted by atomic mass is 16.5. The van der Waals surface area contributed by atoms with Crippen molar-refractivity contribution in [1.29, 1.82) is 0 Å².